The first-order valence-corrected chi connectivity index (χ1v) is 6.55. The van der Waals surface area contributed by atoms with Gasteiger partial charge in [0.05, 0.1) is 24.3 Å². The lowest BCUT2D eigenvalue weighted by Gasteiger charge is -2.05. The van der Waals surface area contributed by atoms with Crippen molar-refractivity contribution in [3.63, 3.8) is 0 Å². The van der Waals surface area contributed by atoms with Crippen LogP contribution in [0.4, 0.5) is 0 Å². The molecule has 122 valence electrons. The standard InChI is InChI=1S/C12H14O6.C3H6O/c13-5-7-17-11(15)9-1-2-10(4-3-9)12(16)18-8-6-14;1-3(2)4/h1-4,13-14H,5-8H2;1-2H3. The van der Waals surface area contributed by atoms with E-state index in [1.807, 2.05) is 0 Å². The van der Waals surface area contributed by atoms with Gasteiger partial charge in [-0.1, -0.05) is 0 Å². The first-order valence-electron chi connectivity index (χ1n) is 6.55. The highest BCUT2D eigenvalue weighted by molar-refractivity contribution is 5.93. The number of hydrogen-bond acceptors (Lipinski definition) is 7. The Labute approximate surface area is 128 Å². The quantitative estimate of drug-likeness (QED) is 0.739. The number of carbonyl (C=O) groups is 3. The fourth-order valence-electron chi connectivity index (χ4n) is 1.19. The minimum absolute atomic E-state index is 0.0703. The Balaban J connectivity index is 0.000000980. The molecule has 7 nitrogen and oxygen atoms in total. The Morgan fingerprint density at radius 1 is 0.818 bits per heavy atom. The van der Waals surface area contributed by atoms with Gasteiger partial charge in [-0.25, -0.2) is 9.59 Å². The summed E-state index contributed by atoms with van der Waals surface area (Å²) in [6.07, 6.45) is 0. The molecule has 0 aliphatic heterocycles. The van der Waals surface area contributed by atoms with Crippen molar-refractivity contribution in [3.8, 4) is 0 Å². The molecule has 0 spiro atoms. The van der Waals surface area contributed by atoms with Crippen molar-refractivity contribution >= 4 is 17.7 Å². The molecule has 0 radical (unpaired) electrons. The Morgan fingerprint density at radius 3 is 1.32 bits per heavy atom. The molecule has 0 saturated heterocycles. The highest BCUT2D eigenvalue weighted by Gasteiger charge is 2.10. The summed E-state index contributed by atoms with van der Waals surface area (Å²) in [5, 5.41) is 17.0. The first-order chi connectivity index (χ1) is 10.4. The van der Waals surface area contributed by atoms with Gasteiger partial charge in [-0.05, 0) is 38.1 Å². The second-order valence-corrected chi connectivity index (χ2v) is 4.20. The molecule has 1 rings (SSSR count). The van der Waals surface area contributed by atoms with Crippen LogP contribution in [0.15, 0.2) is 24.3 Å². The van der Waals surface area contributed by atoms with Crippen molar-refractivity contribution in [3.05, 3.63) is 35.4 Å². The Kier molecular flexibility index (Phi) is 10.2. The van der Waals surface area contributed by atoms with E-state index in [1.165, 1.54) is 38.1 Å². The van der Waals surface area contributed by atoms with Gasteiger partial charge in [-0.2, -0.15) is 0 Å². The Hall–Kier alpha value is -2.25. The lowest BCUT2D eigenvalue weighted by atomic mass is 10.1. The van der Waals surface area contributed by atoms with Gasteiger partial charge in [0.2, 0.25) is 0 Å². The van der Waals surface area contributed by atoms with E-state index in [-0.39, 0.29) is 43.3 Å². The highest BCUT2D eigenvalue weighted by atomic mass is 16.5. The summed E-state index contributed by atoms with van der Waals surface area (Å²) in [6.45, 7) is 2.44. The zero-order chi connectivity index (χ0) is 17.0. The third kappa shape index (κ3) is 8.83. The van der Waals surface area contributed by atoms with Crippen molar-refractivity contribution in [1.29, 1.82) is 0 Å². The highest BCUT2D eigenvalue weighted by Crippen LogP contribution is 2.07. The zero-order valence-corrected chi connectivity index (χ0v) is 12.6. The monoisotopic (exact) mass is 312 g/mol. The van der Waals surface area contributed by atoms with Crippen LogP contribution in [0.5, 0.6) is 0 Å². The fourth-order valence-corrected chi connectivity index (χ4v) is 1.19. The van der Waals surface area contributed by atoms with Crippen LogP contribution in [0, 0.1) is 0 Å². The van der Waals surface area contributed by atoms with Crippen LogP contribution in [0.1, 0.15) is 34.6 Å². The number of ether oxygens (including phenoxy) is 2. The smallest absolute Gasteiger partial charge is 0.338 e. The van der Waals surface area contributed by atoms with Gasteiger partial charge >= 0.3 is 11.9 Å². The van der Waals surface area contributed by atoms with Crippen LogP contribution < -0.4 is 0 Å². The van der Waals surface area contributed by atoms with Crippen LogP contribution in [0.3, 0.4) is 0 Å². The zero-order valence-electron chi connectivity index (χ0n) is 12.6. The molecule has 2 N–H and O–H groups in total. The fraction of sp³-hybridized carbons (Fsp3) is 0.400. The molecule has 0 saturated carbocycles. The SMILES string of the molecule is CC(C)=O.O=C(OCCO)c1ccc(C(=O)OCCO)cc1. The Bertz CT molecular complexity index is 436. The lowest BCUT2D eigenvalue weighted by molar-refractivity contribution is -0.115. The van der Waals surface area contributed by atoms with Gasteiger partial charge in [0.25, 0.3) is 0 Å². The van der Waals surface area contributed by atoms with Gasteiger partial charge in [-0.3, -0.25) is 0 Å². The number of ketones is 1. The van der Waals surface area contributed by atoms with Gasteiger partial charge in [0.1, 0.15) is 19.0 Å². The van der Waals surface area contributed by atoms with E-state index in [9.17, 15) is 14.4 Å². The number of Topliss-reactive ketones (excluding diaryl/α,β-unsaturated/α-hetero) is 1. The number of carbonyl (C=O) groups excluding carboxylic acids is 3. The van der Waals surface area contributed by atoms with E-state index in [2.05, 4.69) is 0 Å². The molecule has 0 aromatic heterocycles. The van der Waals surface area contributed by atoms with E-state index in [4.69, 9.17) is 19.7 Å². The van der Waals surface area contributed by atoms with E-state index in [0.29, 0.717) is 0 Å². The summed E-state index contributed by atoms with van der Waals surface area (Å²) in [5.41, 5.74) is 0.560. The molecular formula is C15H20O7. The first kappa shape index (κ1) is 19.8. The van der Waals surface area contributed by atoms with Gasteiger partial charge in [0.15, 0.2) is 0 Å². The number of hydrogen-bond donors (Lipinski definition) is 2. The molecule has 1 aromatic carbocycles. The van der Waals surface area contributed by atoms with Crippen molar-refractivity contribution in [2.75, 3.05) is 26.4 Å². The topological polar surface area (TPSA) is 110 Å². The second-order valence-electron chi connectivity index (χ2n) is 4.20. The van der Waals surface area contributed by atoms with Gasteiger partial charge < -0.3 is 24.5 Å². The maximum atomic E-state index is 11.4. The summed E-state index contributed by atoms with van der Waals surface area (Å²) >= 11 is 0. The lowest BCUT2D eigenvalue weighted by Crippen LogP contribution is -2.11. The van der Waals surface area contributed by atoms with Crippen LogP contribution in [-0.4, -0.2) is 54.4 Å². The summed E-state index contributed by atoms with van der Waals surface area (Å²) < 4.78 is 9.41. The minimum Gasteiger partial charge on any atom is -0.460 e. The molecule has 22 heavy (non-hydrogen) atoms. The van der Waals surface area contributed by atoms with Crippen LogP contribution in [0.25, 0.3) is 0 Å². The normalized spacial score (nSPS) is 9.27. The van der Waals surface area contributed by atoms with Crippen molar-refractivity contribution < 1.29 is 34.1 Å². The number of aliphatic hydroxyl groups is 2. The summed E-state index contributed by atoms with van der Waals surface area (Å²) in [6, 6.07) is 5.70. The molecule has 1 aromatic rings. The van der Waals surface area contributed by atoms with Crippen LogP contribution in [0.2, 0.25) is 0 Å². The molecule has 0 atom stereocenters. The van der Waals surface area contributed by atoms with E-state index in [0.717, 1.165) is 0 Å². The molecule has 0 amide bonds. The number of rotatable bonds is 6. The van der Waals surface area contributed by atoms with Crippen LogP contribution >= 0.6 is 0 Å². The number of benzene rings is 1. The maximum absolute atomic E-state index is 11.4. The van der Waals surface area contributed by atoms with Gasteiger partial charge in [0, 0.05) is 0 Å². The van der Waals surface area contributed by atoms with Crippen molar-refractivity contribution in [2.45, 2.75) is 13.8 Å². The van der Waals surface area contributed by atoms with Crippen LogP contribution in [-0.2, 0) is 14.3 Å². The second kappa shape index (κ2) is 11.4. The van der Waals surface area contributed by atoms with E-state index in [1.54, 1.807) is 0 Å². The van der Waals surface area contributed by atoms with Crippen molar-refractivity contribution in [1.82, 2.24) is 0 Å². The average Bonchev–Trinajstić information content (AvgIpc) is 2.49. The molecule has 7 heteroatoms. The molecule has 0 bridgehead atoms. The largest absolute Gasteiger partial charge is 0.460 e. The molecule has 0 unspecified atom stereocenters. The number of esters is 2. The predicted octanol–water partition coefficient (Wildman–Crippen LogP) is 0.580. The summed E-state index contributed by atoms with van der Waals surface area (Å²) in [7, 11) is 0. The maximum Gasteiger partial charge on any atom is 0.338 e. The minimum atomic E-state index is -0.570. The average molecular weight is 312 g/mol. The molecular weight excluding hydrogens is 292 g/mol. The third-order valence-corrected chi connectivity index (χ3v) is 2.01. The molecule has 0 heterocycles. The summed E-state index contributed by atoms with van der Waals surface area (Å²) in [5.74, 6) is -0.973. The predicted molar refractivity (Wildman–Crippen MR) is 77.5 cm³/mol. The van der Waals surface area contributed by atoms with Gasteiger partial charge in [-0.15, -0.1) is 0 Å². The summed E-state index contributed by atoms with van der Waals surface area (Å²) in [4.78, 5) is 32.2. The van der Waals surface area contributed by atoms with Crippen molar-refractivity contribution in [2.24, 2.45) is 0 Å². The van der Waals surface area contributed by atoms with E-state index >= 15 is 0 Å². The molecule has 0 fully saturated rings. The third-order valence-electron chi connectivity index (χ3n) is 2.01. The number of aliphatic hydroxyl groups excluding tert-OH is 2. The van der Waals surface area contributed by atoms with E-state index < -0.39 is 11.9 Å². The Morgan fingerprint density at radius 2 is 1.09 bits per heavy atom. The molecule has 0 aliphatic carbocycles. The molecule has 0 aliphatic rings.